The highest BCUT2D eigenvalue weighted by molar-refractivity contribution is 5.78. The molecule has 1 nitrogen and oxygen atoms in total. The molecule has 0 aromatic carbocycles. The molecule has 0 aliphatic carbocycles. The largest absolute Gasteiger partial charge is 0.257 e. The summed E-state index contributed by atoms with van der Waals surface area (Å²) in [5.41, 5.74) is 1.68. The minimum Gasteiger partial charge on any atom is -0.257 e. The third-order valence-corrected chi connectivity index (χ3v) is 1.10. The van der Waals surface area contributed by atoms with Crippen LogP contribution in [0.5, 0.6) is 0 Å². The minimum absolute atomic E-state index is 0.676. The van der Waals surface area contributed by atoms with Crippen molar-refractivity contribution in [1.82, 2.24) is 0 Å². The Hall–Kier alpha value is -1.11. The lowest BCUT2D eigenvalue weighted by atomic mass is 10.3. The Morgan fingerprint density at radius 1 is 1.50 bits per heavy atom. The zero-order valence-electron chi connectivity index (χ0n) is 6.43. The van der Waals surface area contributed by atoms with Crippen molar-refractivity contribution in [2.75, 3.05) is 0 Å². The van der Waals surface area contributed by atoms with Crippen LogP contribution in [0.25, 0.3) is 0 Å². The van der Waals surface area contributed by atoms with Crippen molar-refractivity contribution >= 4 is 6.21 Å². The van der Waals surface area contributed by atoms with Gasteiger partial charge in [0.05, 0.1) is 5.70 Å². The van der Waals surface area contributed by atoms with E-state index < -0.39 is 0 Å². The highest BCUT2D eigenvalue weighted by atomic mass is 14.7. The van der Waals surface area contributed by atoms with Crippen molar-refractivity contribution < 1.29 is 0 Å². The van der Waals surface area contributed by atoms with E-state index in [1.54, 1.807) is 12.3 Å². The van der Waals surface area contributed by atoms with Gasteiger partial charge in [-0.25, -0.2) is 0 Å². The number of hydrogen-bond donors (Lipinski definition) is 0. The fourth-order valence-electron chi connectivity index (χ4n) is 0.318. The van der Waals surface area contributed by atoms with Crippen LogP contribution < -0.4 is 0 Å². The molecule has 0 aliphatic heterocycles. The van der Waals surface area contributed by atoms with Gasteiger partial charge in [0.1, 0.15) is 0 Å². The van der Waals surface area contributed by atoms with E-state index in [2.05, 4.69) is 24.7 Å². The van der Waals surface area contributed by atoms with Crippen LogP contribution in [0.3, 0.4) is 0 Å². The quantitative estimate of drug-likeness (QED) is 0.415. The maximum atomic E-state index is 3.98. The molecule has 54 valence electrons. The van der Waals surface area contributed by atoms with E-state index in [0.29, 0.717) is 5.70 Å². The predicted molar refractivity (Wildman–Crippen MR) is 47.3 cm³/mol. The Bertz CT molecular complexity index is 175. The van der Waals surface area contributed by atoms with Crippen molar-refractivity contribution in [2.45, 2.75) is 13.3 Å². The second-order valence-electron chi connectivity index (χ2n) is 1.97. The van der Waals surface area contributed by atoms with E-state index in [4.69, 9.17) is 0 Å². The lowest BCUT2D eigenvalue weighted by Gasteiger charge is -1.90. The first-order valence-corrected chi connectivity index (χ1v) is 3.24. The molecule has 0 rings (SSSR count). The van der Waals surface area contributed by atoms with E-state index in [9.17, 15) is 0 Å². The van der Waals surface area contributed by atoms with Gasteiger partial charge >= 0.3 is 0 Å². The summed E-state index contributed by atoms with van der Waals surface area (Å²) in [5.74, 6) is 0. The number of aliphatic imine (C=N–C) groups is 1. The molecule has 0 unspecified atom stereocenters. The van der Waals surface area contributed by atoms with Crippen LogP contribution in [0, 0.1) is 0 Å². The van der Waals surface area contributed by atoms with E-state index in [1.807, 2.05) is 6.92 Å². The molecule has 0 radical (unpaired) electrons. The topological polar surface area (TPSA) is 12.4 Å². The summed E-state index contributed by atoms with van der Waals surface area (Å²) in [5, 5.41) is 0. The summed E-state index contributed by atoms with van der Waals surface area (Å²) in [4.78, 5) is 3.98. The van der Waals surface area contributed by atoms with Gasteiger partial charge in [0.2, 0.25) is 0 Å². The van der Waals surface area contributed by atoms with Crippen LogP contribution in [-0.4, -0.2) is 6.21 Å². The second kappa shape index (κ2) is 4.74. The SMILES string of the molecule is C=CC(=C)N=CC(=C)CC. The summed E-state index contributed by atoms with van der Waals surface area (Å²) in [7, 11) is 0. The van der Waals surface area contributed by atoms with E-state index in [-0.39, 0.29) is 0 Å². The fraction of sp³-hybridized carbons (Fsp3) is 0.222. The van der Waals surface area contributed by atoms with Crippen LogP contribution in [0.2, 0.25) is 0 Å². The number of hydrogen-bond acceptors (Lipinski definition) is 1. The van der Waals surface area contributed by atoms with Crippen LogP contribution in [-0.2, 0) is 0 Å². The Labute approximate surface area is 62.5 Å². The molecule has 0 saturated carbocycles. The van der Waals surface area contributed by atoms with Crippen molar-refractivity contribution in [3.63, 3.8) is 0 Å². The van der Waals surface area contributed by atoms with Gasteiger partial charge in [-0.1, -0.05) is 26.7 Å². The van der Waals surface area contributed by atoms with Gasteiger partial charge < -0.3 is 0 Å². The molecule has 0 atom stereocenters. The molecule has 0 aromatic rings. The van der Waals surface area contributed by atoms with Crippen molar-refractivity contribution in [3.05, 3.63) is 37.1 Å². The van der Waals surface area contributed by atoms with Crippen LogP contribution in [0.4, 0.5) is 0 Å². The zero-order chi connectivity index (χ0) is 7.98. The van der Waals surface area contributed by atoms with Crippen LogP contribution in [0.15, 0.2) is 42.1 Å². The minimum atomic E-state index is 0.676. The Balaban J connectivity index is 3.87. The molecule has 0 fully saturated rings. The Kier molecular flexibility index (Phi) is 4.21. The van der Waals surface area contributed by atoms with Crippen LogP contribution in [0.1, 0.15) is 13.3 Å². The number of rotatable bonds is 4. The summed E-state index contributed by atoms with van der Waals surface area (Å²) in [6.07, 6.45) is 4.25. The summed E-state index contributed by atoms with van der Waals surface area (Å²) in [6.45, 7) is 12.9. The molecule has 10 heavy (non-hydrogen) atoms. The van der Waals surface area contributed by atoms with Crippen molar-refractivity contribution in [1.29, 1.82) is 0 Å². The van der Waals surface area contributed by atoms with Gasteiger partial charge in [0.15, 0.2) is 0 Å². The fourth-order valence-corrected chi connectivity index (χ4v) is 0.318. The van der Waals surface area contributed by atoms with Gasteiger partial charge in [0.25, 0.3) is 0 Å². The summed E-state index contributed by atoms with van der Waals surface area (Å²) in [6, 6.07) is 0. The van der Waals surface area contributed by atoms with E-state index >= 15 is 0 Å². The molecule has 0 bridgehead atoms. The van der Waals surface area contributed by atoms with E-state index in [0.717, 1.165) is 12.0 Å². The summed E-state index contributed by atoms with van der Waals surface area (Å²) < 4.78 is 0. The molecule has 0 spiro atoms. The Morgan fingerprint density at radius 2 is 2.10 bits per heavy atom. The predicted octanol–water partition coefficient (Wildman–Crippen LogP) is 2.72. The molecule has 0 heterocycles. The average Bonchev–Trinajstić information content (AvgIpc) is 1.99. The Morgan fingerprint density at radius 3 is 2.50 bits per heavy atom. The third kappa shape index (κ3) is 3.84. The smallest absolute Gasteiger partial charge is 0.0552 e. The van der Waals surface area contributed by atoms with Crippen molar-refractivity contribution in [2.24, 2.45) is 4.99 Å². The lowest BCUT2D eigenvalue weighted by Crippen LogP contribution is -1.78. The highest BCUT2D eigenvalue weighted by Crippen LogP contribution is 1.96. The molecule has 1 heteroatoms. The zero-order valence-corrected chi connectivity index (χ0v) is 6.43. The van der Waals surface area contributed by atoms with Gasteiger partial charge in [-0.3, -0.25) is 4.99 Å². The van der Waals surface area contributed by atoms with Crippen molar-refractivity contribution in [3.8, 4) is 0 Å². The second-order valence-corrected chi connectivity index (χ2v) is 1.97. The maximum absolute atomic E-state index is 3.98. The number of allylic oxidation sites excluding steroid dienone is 2. The van der Waals surface area contributed by atoms with E-state index in [1.165, 1.54) is 0 Å². The first-order valence-electron chi connectivity index (χ1n) is 3.24. The number of nitrogens with zero attached hydrogens (tertiary/aromatic N) is 1. The molecule has 0 aromatic heterocycles. The molecule has 0 amide bonds. The molecule has 0 saturated heterocycles. The average molecular weight is 135 g/mol. The van der Waals surface area contributed by atoms with Crippen LogP contribution >= 0.6 is 0 Å². The standard InChI is InChI=1S/C9H13N/c1-5-8(3)7-10-9(4)6-2/h6-7H,2-5H2,1H3. The lowest BCUT2D eigenvalue weighted by molar-refractivity contribution is 1.18. The van der Waals surface area contributed by atoms with Gasteiger partial charge in [-0.2, -0.15) is 0 Å². The van der Waals surface area contributed by atoms with Gasteiger partial charge in [0, 0.05) is 6.21 Å². The maximum Gasteiger partial charge on any atom is 0.0552 e. The first-order chi connectivity index (χ1) is 4.70. The van der Waals surface area contributed by atoms with Gasteiger partial charge in [-0.15, -0.1) is 0 Å². The third-order valence-electron chi connectivity index (χ3n) is 1.10. The molecular weight excluding hydrogens is 122 g/mol. The summed E-state index contributed by atoms with van der Waals surface area (Å²) >= 11 is 0. The highest BCUT2D eigenvalue weighted by Gasteiger charge is 1.81. The molecule has 0 aliphatic rings. The first kappa shape index (κ1) is 8.89. The monoisotopic (exact) mass is 135 g/mol. The molecular formula is C9H13N. The molecule has 0 N–H and O–H groups in total. The normalized spacial score (nSPS) is 9.70. The van der Waals surface area contributed by atoms with Gasteiger partial charge in [-0.05, 0) is 18.1 Å².